The average Bonchev–Trinajstić information content (AvgIpc) is 2.85. The maximum absolute atomic E-state index is 13.0. The molecule has 0 saturated heterocycles. The lowest BCUT2D eigenvalue weighted by molar-refractivity contribution is -0.115. The first kappa shape index (κ1) is 22.0. The smallest absolute Gasteiger partial charge is 0.254 e. The van der Waals surface area contributed by atoms with E-state index in [-0.39, 0.29) is 17.4 Å². The second-order valence-corrected chi connectivity index (χ2v) is 11.4. The van der Waals surface area contributed by atoms with Crippen molar-refractivity contribution in [2.75, 3.05) is 18.4 Å². The molecule has 34 heavy (non-hydrogen) atoms. The largest absolute Gasteiger partial charge is 0.391 e. The van der Waals surface area contributed by atoms with Crippen LogP contribution in [0.3, 0.4) is 0 Å². The molecule has 2 aromatic rings. The molecular formula is C28H36N4O2. The minimum Gasteiger partial charge on any atom is -0.391 e. The third kappa shape index (κ3) is 3.90. The monoisotopic (exact) mass is 460 g/mol. The fraction of sp³-hybridized carbons (Fsp3) is 0.607. The number of benzene rings is 1. The third-order valence-corrected chi connectivity index (χ3v) is 9.16. The quantitative estimate of drug-likeness (QED) is 0.675. The minimum atomic E-state index is -0.334. The summed E-state index contributed by atoms with van der Waals surface area (Å²) >= 11 is 0. The lowest BCUT2D eigenvalue weighted by atomic mass is 9.48. The van der Waals surface area contributed by atoms with E-state index in [1.807, 2.05) is 29.2 Å². The van der Waals surface area contributed by atoms with E-state index in [1.54, 1.807) is 6.33 Å². The third-order valence-electron chi connectivity index (χ3n) is 9.16. The Kier molecular flexibility index (Phi) is 5.59. The van der Waals surface area contributed by atoms with Crippen molar-refractivity contribution in [2.45, 2.75) is 70.9 Å². The molecule has 1 amide bonds. The summed E-state index contributed by atoms with van der Waals surface area (Å²) in [4.78, 5) is 24.0. The van der Waals surface area contributed by atoms with Crippen LogP contribution in [0.2, 0.25) is 0 Å². The molecule has 2 N–H and O–H groups in total. The molecule has 6 heteroatoms. The predicted molar refractivity (Wildman–Crippen MR) is 131 cm³/mol. The molecule has 4 saturated carbocycles. The van der Waals surface area contributed by atoms with Crippen LogP contribution in [0.4, 0.5) is 5.82 Å². The van der Waals surface area contributed by atoms with Crippen molar-refractivity contribution in [3.05, 3.63) is 53.0 Å². The van der Waals surface area contributed by atoms with Crippen LogP contribution in [0.5, 0.6) is 0 Å². The van der Waals surface area contributed by atoms with Crippen LogP contribution in [0.15, 0.2) is 30.6 Å². The topological polar surface area (TPSA) is 78.4 Å². The number of fused-ring (bicyclic) bond motifs is 1. The molecule has 180 valence electrons. The summed E-state index contributed by atoms with van der Waals surface area (Å²) in [6.45, 7) is 3.81. The molecule has 1 aromatic heterocycles. The number of anilines is 1. The van der Waals surface area contributed by atoms with Crippen molar-refractivity contribution in [1.82, 2.24) is 14.9 Å². The van der Waals surface area contributed by atoms with E-state index in [0.29, 0.717) is 19.6 Å². The Morgan fingerprint density at radius 2 is 1.79 bits per heavy atom. The van der Waals surface area contributed by atoms with Gasteiger partial charge in [0, 0.05) is 24.2 Å². The van der Waals surface area contributed by atoms with Gasteiger partial charge in [-0.05, 0) is 92.2 Å². The molecule has 4 aliphatic carbocycles. The Hall–Kier alpha value is -2.47. The first-order valence-electron chi connectivity index (χ1n) is 13.2. The van der Waals surface area contributed by atoms with Gasteiger partial charge in [0.05, 0.1) is 18.3 Å². The highest BCUT2D eigenvalue weighted by Crippen LogP contribution is 2.61. The van der Waals surface area contributed by atoms with E-state index in [9.17, 15) is 9.90 Å². The number of rotatable bonds is 6. The highest BCUT2D eigenvalue weighted by Gasteiger charge is 2.53. The predicted octanol–water partition coefficient (Wildman–Crippen LogP) is 4.23. The summed E-state index contributed by atoms with van der Waals surface area (Å²) in [6.07, 6.45) is 10.7. The van der Waals surface area contributed by atoms with Gasteiger partial charge in [0.2, 0.25) is 0 Å². The number of hydrogen-bond acceptors (Lipinski definition) is 5. The summed E-state index contributed by atoms with van der Waals surface area (Å²) in [5.41, 5.74) is 4.06. The van der Waals surface area contributed by atoms with Gasteiger partial charge in [-0.3, -0.25) is 4.79 Å². The molecule has 1 aliphatic heterocycles. The zero-order chi connectivity index (χ0) is 23.3. The van der Waals surface area contributed by atoms with Crippen LogP contribution in [0.25, 0.3) is 0 Å². The normalized spacial score (nSPS) is 30.2. The Balaban J connectivity index is 1.12. The number of aliphatic hydroxyl groups excluding tert-OH is 1. The Morgan fingerprint density at radius 3 is 2.44 bits per heavy atom. The van der Waals surface area contributed by atoms with Crippen molar-refractivity contribution in [1.29, 1.82) is 0 Å². The minimum absolute atomic E-state index is 0.0543. The molecule has 7 rings (SSSR count). The van der Waals surface area contributed by atoms with E-state index in [2.05, 4.69) is 22.2 Å². The van der Waals surface area contributed by atoms with Gasteiger partial charge < -0.3 is 15.3 Å². The highest BCUT2D eigenvalue weighted by molar-refractivity contribution is 5.94. The van der Waals surface area contributed by atoms with Crippen molar-refractivity contribution >= 4 is 11.7 Å². The number of carbonyl (C=O) groups is 1. The average molecular weight is 461 g/mol. The molecule has 5 aliphatic rings. The van der Waals surface area contributed by atoms with Gasteiger partial charge in [0.1, 0.15) is 12.1 Å². The molecule has 2 heterocycles. The molecule has 6 nitrogen and oxygen atoms in total. The molecular weight excluding hydrogens is 424 g/mol. The molecule has 4 fully saturated rings. The summed E-state index contributed by atoms with van der Waals surface area (Å²) < 4.78 is 0. The van der Waals surface area contributed by atoms with Gasteiger partial charge in [0.15, 0.2) is 0 Å². The van der Waals surface area contributed by atoms with Crippen molar-refractivity contribution < 1.29 is 9.90 Å². The maximum atomic E-state index is 13.0. The van der Waals surface area contributed by atoms with Gasteiger partial charge in [-0.15, -0.1) is 0 Å². The second-order valence-electron chi connectivity index (χ2n) is 11.4. The van der Waals surface area contributed by atoms with Crippen molar-refractivity contribution in [2.24, 2.45) is 23.2 Å². The number of nitrogens with one attached hydrogen (secondary N) is 1. The van der Waals surface area contributed by atoms with Gasteiger partial charge in [0.25, 0.3) is 5.91 Å². The molecule has 1 unspecified atom stereocenters. The van der Waals surface area contributed by atoms with Crippen LogP contribution >= 0.6 is 0 Å². The zero-order valence-corrected chi connectivity index (χ0v) is 20.2. The summed E-state index contributed by atoms with van der Waals surface area (Å²) in [7, 11) is 0. The van der Waals surface area contributed by atoms with E-state index in [1.165, 1.54) is 44.1 Å². The fourth-order valence-electron chi connectivity index (χ4n) is 7.74. The van der Waals surface area contributed by atoms with Gasteiger partial charge in [-0.2, -0.15) is 0 Å². The lowest BCUT2D eigenvalue weighted by Gasteiger charge is -2.58. The van der Waals surface area contributed by atoms with Crippen molar-refractivity contribution in [3.8, 4) is 0 Å². The SMILES string of the molecule is CCc1ccc(C(=O)N2CCc3c(ncnc3NCC(O)C34CC5CC(CC(C5)C3)C4)C2)cc1. The molecule has 1 aromatic carbocycles. The van der Waals surface area contributed by atoms with Gasteiger partial charge in [-0.25, -0.2) is 9.97 Å². The molecule has 4 bridgehead atoms. The first-order valence-corrected chi connectivity index (χ1v) is 13.2. The number of amides is 1. The van der Waals surface area contributed by atoms with Crippen LogP contribution in [0, 0.1) is 23.2 Å². The van der Waals surface area contributed by atoms with Crippen LogP contribution < -0.4 is 5.32 Å². The highest BCUT2D eigenvalue weighted by atomic mass is 16.3. The number of hydrogen-bond donors (Lipinski definition) is 2. The summed E-state index contributed by atoms with van der Waals surface area (Å²) in [5, 5.41) is 14.8. The number of nitrogens with zero attached hydrogens (tertiary/aromatic N) is 3. The number of aromatic nitrogens is 2. The van der Waals surface area contributed by atoms with Gasteiger partial charge >= 0.3 is 0 Å². The van der Waals surface area contributed by atoms with E-state index in [4.69, 9.17) is 0 Å². The lowest BCUT2D eigenvalue weighted by Crippen LogP contribution is -2.53. The maximum Gasteiger partial charge on any atom is 0.254 e. The Morgan fingerprint density at radius 1 is 1.12 bits per heavy atom. The molecule has 0 spiro atoms. The standard InChI is InChI=1S/C28H36N4O2/c1-2-18-3-5-22(6-4-18)27(34)32-8-7-23-24(16-32)30-17-31-26(23)29-15-25(33)28-12-19-9-20(13-28)11-21(10-19)14-28/h3-6,17,19-21,25,33H,2,7-16H2,1H3,(H,29,30,31). The van der Waals surface area contributed by atoms with Crippen LogP contribution in [-0.4, -0.2) is 45.1 Å². The number of aliphatic hydroxyl groups is 1. The van der Waals surface area contributed by atoms with E-state index < -0.39 is 0 Å². The molecule has 1 atom stereocenters. The zero-order valence-electron chi connectivity index (χ0n) is 20.2. The van der Waals surface area contributed by atoms with E-state index >= 15 is 0 Å². The first-order chi connectivity index (χ1) is 16.5. The number of carbonyl (C=O) groups excluding carboxylic acids is 1. The number of aryl methyl sites for hydroxylation is 1. The Bertz CT molecular complexity index is 1030. The van der Waals surface area contributed by atoms with Crippen molar-refractivity contribution in [3.63, 3.8) is 0 Å². The Labute approximate surface area is 202 Å². The summed E-state index contributed by atoms with van der Waals surface area (Å²) in [6, 6.07) is 7.92. The van der Waals surface area contributed by atoms with Gasteiger partial charge in [-0.1, -0.05) is 19.1 Å². The summed E-state index contributed by atoms with van der Waals surface area (Å²) in [5.74, 6) is 3.37. The van der Waals surface area contributed by atoms with Crippen LogP contribution in [0.1, 0.15) is 72.6 Å². The van der Waals surface area contributed by atoms with E-state index in [0.717, 1.165) is 53.2 Å². The fourth-order valence-corrected chi connectivity index (χ4v) is 7.74. The second kappa shape index (κ2) is 8.63. The van der Waals surface area contributed by atoms with Crippen LogP contribution in [-0.2, 0) is 19.4 Å². The molecule has 0 radical (unpaired) electrons.